The van der Waals surface area contributed by atoms with E-state index in [9.17, 15) is 4.39 Å². The minimum Gasteiger partial charge on any atom is -0.207 e. The number of benzene rings is 1. The van der Waals surface area contributed by atoms with Crippen molar-refractivity contribution in [1.29, 1.82) is 0 Å². The highest BCUT2D eigenvalue weighted by atomic mass is 79.9. The summed E-state index contributed by atoms with van der Waals surface area (Å²) in [5.74, 6) is 3.10. The van der Waals surface area contributed by atoms with Gasteiger partial charge in [0, 0.05) is 10.9 Å². The van der Waals surface area contributed by atoms with E-state index in [2.05, 4.69) is 68.9 Å². The average molecular weight is 369 g/mol. The predicted octanol–water partition coefficient (Wildman–Crippen LogP) is 6.29. The maximum absolute atomic E-state index is 13.9. The van der Waals surface area contributed by atoms with Gasteiger partial charge in [-0.3, -0.25) is 0 Å². The molecule has 0 heterocycles. The van der Waals surface area contributed by atoms with Crippen LogP contribution in [-0.2, 0) is 5.33 Å². The van der Waals surface area contributed by atoms with Gasteiger partial charge in [-0.2, -0.15) is 0 Å². The molecule has 0 spiro atoms. The lowest BCUT2D eigenvalue weighted by molar-refractivity contribution is 0.617. The summed E-state index contributed by atoms with van der Waals surface area (Å²) < 4.78 is 13.9. The maximum Gasteiger partial charge on any atom is 0.146 e. The van der Waals surface area contributed by atoms with Gasteiger partial charge in [-0.05, 0) is 34.3 Å². The van der Waals surface area contributed by atoms with E-state index >= 15 is 0 Å². The highest BCUT2D eigenvalue weighted by molar-refractivity contribution is 9.08. The molecule has 21 heavy (non-hydrogen) atoms. The van der Waals surface area contributed by atoms with Crippen LogP contribution in [0.3, 0.4) is 0 Å². The molecule has 1 aromatic carbocycles. The SMILES string of the molecule is CC(C)[Si](C#Cc1ccc(CBr)c(F)c1)(C(C)C)C(C)C. The molecule has 0 amide bonds. The molecule has 1 rings (SSSR count). The van der Waals surface area contributed by atoms with Crippen LogP contribution in [0.15, 0.2) is 18.2 Å². The number of rotatable bonds is 4. The van der Waals surface area contributed by atoms with Crippen molar-refractivity contribution < 1.29 is 4.39 Å². The number of halogens is 2. The molecule has 0 radical (unpaired) electrons. The summed E-state index contributed by atoms with van der Waals surface area (Å²) in [6.45, 7) is 13.7. The van der Waals surface area contributed by atoms with E-state index in [4.69, 9.17) is 0 Å². The lowest BCUT2D eigenvalue weighted by Crippen LogP contribution is -2.43. The van der Waals surface area contributed by atoms with Crippen molar-refractivity contribution in [3.05, 3.63) is 35.1 Å². The molecule has 0 N–H and O–H groups in total. The van der Waals surface area contributed by atoms with E-state index < -0.39 is 8.07 Å². The number of hydrogen-bond acceptors (Lipinski definition) is 0. The Labute approximate surface area is 138 Å². The van der Waals surface area contributed by atoms with Crippen molar-refractivity contribution in [3.8, 4) is 11.5 Å². The van der Waals surface area contributed by atoms with Gasteiger partial charge in [0.05, 0.1) is 0 Å². The minimum absolute atomic E-state index is 0.176. The Morgan fingerprint density at radius 1 is 1.05 bits per heavy atom. The topological polar surface area (TPSA) is 0 Å². The van der Waals surface area contributed by atoms with Crippen LogP contribution < -0.4 is 0 Å². The first-order valence-electron chi connectivity index (χ1n) is 7.63. The first-order valence-corrected chi connectivity index (χ1v) is 11.0. The molecular formula is C18H26BrFSi. The smallest absolute Gasteiger partial charge is 0.146 e. The van der Waals surface area contributed by atoms with Crippen molar-refractivity contribution in [2.75, 3.05) is 0 Å². The fourth-order valence-corrected chi connectivity index (χ4v) is 9.03. The molecule has 116 valence electrons. The van der Waals surface area contributed by atoms with Gasteiger partial charge < -0.3 is 0 Å². The number of alkyl halides is 1. The lowest BCUT2D eigenvalue weighted by Gasteiger charge is -2.38. The summed E-state index contributed by atoms with van der Waals surface area (Å²) in [6, 6.07) is 5.30. The third-order valence-corrected chi connectivity index (χ3v) is 11.4. The largest absolute Gasteiger partial charge is 0.207 e. The molecule has 1 aromatic rings. The van der Waals surface area contributed by atoms with E-state index in [1.807, 2.05) is 12.1 Å². The van der Waals surface area contributed by atoms with E-state index in [0.717, 1.165) is 5.56 Å². The standard InChI is InChI=1S/C18H26BrFSi/c1-13(2)21(14(3)4,15(5)6)10-9-16-7-8-17(12-19)18(20)11-16/h7-8,11,13-15H,12H2,1-6H3. The monoisotopic (exact) mass is 368 g/mol. The van der Waals surface area contributed by atoms with Crippen LogP contribution in [-0.4, -0.2) is 8.07 Å². The van der Waals surface area contributed by atoms with Crippen LogP contribution in [0.25, 0.3) is 0 Å². The molecule has 0 nitrogen and oxygen atoms in total. The Balaban J connectivity index is 3.25. The molecule has 3 heteroatoms. The van der Waals surface area contributed by atoms with Crippen LogP contribution in [0.1, 0.15) is 52.7 Å². The van der Waals surface area contributed by atoms with Gasteiger partial charge in [-0.25, -0.2) is 4.39 Å². The van der Waals surface area contributed by atoms with Crippen LogP contribution >= 0.6 is 15.9 Å². The third kappa shape index (κ3) is 3.99. The molecule has 0 aliphatic heterocycles. The predicted molar refractivity (Wildman–Crippen MR) is 97.0 cm³/mol. The summed E-state index contributed by atoms with van der Waals surface area (Å²) in [5.41, 5.74) is 6.87. The second-order valence-corrected chi connectivity index (χ2v) is 12.7. The van der Waals surface area contributed by atoms with Crippen molar-refractivity contribution in [1.82, 2.24) is 0 Å². The van der Waals surface area contributed by atoms with Crippen LogP contribution in [0, 0.1) is 17.3 Å². The second-order valence-electron chi connectivity index (χ2n) is 6.59. The Kier molecular flexibility index (Phi) is 6.68. The molecule has 0 fully saturated rings. The summed E-state index contributed by atoms with van der Waals surface area (Å²) in [4.78, 5) is 0. The highest BCUT2D eigenvalue weighted by Gasteiger charge is 2.41. The van der Waals surface area contributed by atoms with Gasteiger partial charge in [0.1, 0.15) is 13.9 Å². The fourth-order valence-electron chi connectivity index (χ4n) is 3.35. The van der Waals surface area contributed by atoms with E-state index in [0.29, 0.717) is 27.5 Å². The van der Waals surface area contributed by atoms with Crippen molar-refractivity contribution >= 4 is 24.0 Å². The van der Waals surface area contributed by atoms with Crippen LogP contribution in [0.4, 0.5) is 4.39 Å². The Bertz CT molecular complexity index is 516. The minimum atomic E-state index is -1.74. The van der Waals surface area contributed by atoms with Crippen molar-refractivity contribution in [2.24, 2.45) is 0 Å². The molecule has 0 aliphatic rings. The van der Waals surface area contributed by atoms with Gasteiger partial charge >= 0.3 is 0 Å². The van der Waals surface area contributed by atoms with Gasteiger partial charge in [0.15, 0.2) is 0 Å². The quantitative estimate of drug-likeness (QED) is 0.332. The van der Waals surface area contributed by atoms with Crippen molar-refractivity contribution in [3.63, 3.8) is 0 Å². The van der Waals surface area contributed by atoms with Gasteiger partial charge in [-0.15, -0.1) is 5.54 Å². The molecule has 0 aliphatic carbocycles. The van der Waals surface area contributed by atoms with Crippen LogP contribution in [0.2, 0.25) is 16.6 Å². The molecule has 0 atom stereocenters. The average Bonchev–Trinajstić information content (AvgIpc) is 2.38. The zero-order valence-electron chi connectivity index (χ0n) is 13.9. The third-order valence-electron chi connectivity index (χ3n) is 4.49. The second kappa shape index (κ2) is 7.60. The summed E-state index contributed by atoms with van der Waals surface area (Å²) in [5, 5.41) is 0.537. The zero-order chi connectivity index (χ0) is 16.2. The van der Waals surface area contributed by atoms with Gasteiger partial charge in [0.2, 0.25) is 0 Å². The van der Waals surface area contributed by atoms with E-state index in [-0.39, 0.29) is 5.82 Å². The van der Waals surface area contributed by atoms with Gasteiger partial charge in [0.25, 0.3) is 0 Å². The Morgan fingerprint density at radius 2 is 1.57 bits per heavy atom. The lowest BCUT2D eigenvalue weighted by atomic mass is 10.1. The molecule has 0 aromatic heterocycles. The Hall–Kier alpha value is -0.593. The van der Waals surface area contributed by atoms with E-state index in [1.54, 1.807) is 6.07 Å². The molecular weight excluding hydrogens is 343 g/mol. The maximum atomic E-state index is 13.9. The fraction of sp³-hybridized carbons (Fsp3) is 0.556. The zero-order valence-corrected chi connectivity index (χ0v) is 16.5. The summed E-state index contributed by atoms with van der Waals surface area (Å²) in [6.07, 6.45) is 0. The highest BCUT2D eigenvalue weighted by Crippen LogP contribution is 2.40. The Morgan fingerprint density at radius 3 is 1.95 bits per heavy atom. The first-order chi connectivity index (χ1) is 9.75. The molecule has 0 unspecified atom stereocenters. The number of hydrogen-bond donors (Lipinski definition) is 0. The normalized spacial score (nSPS) is 12.0. The van der Waals surface area contributed by atoms with E-state index in [1.165, 1.54) is 0 Å². The van der Waals surface area contributed by atoms with Crippen molar-refractivity contribution in [2.45, 2.75) is 63.5 Å². The molecule has 0 bridgehead atoms. The molecule has 0 saturated carbocycles. The van der Waals surface area contributed by atoms with Gasteiger partial charge in [-0.1, -0.05) is 69.5 Å². The van der Waals surface area contributed by atoms with Crippen LogP contribution in [0.5, 0.6) is 0 Å². The first kappa shape index (κ1) is 18.5. The molecule has 0 saturated heterocycles. The summed E-state index contributed by atoms with van der Waals surface area (Å²) >= 11 is 3.29. The summed E-state index contributed by atoms with van der Waals surface area (Å²) in [7, 11) is -1.74.